The molecule has 0 aliphatic carbocycles. The lowest BCUT2D eigenvalue weighted by Crippen LogP contribution is -2.54. The Morgan fingerprint density at radius 2 is 1.23 bits per heavy atom. The van der Waals surface area contributed by atoms with Gasteiger partial charge in [0, 0.05) is 70.2 Å². The number of ketones is 1. The molecule has 0 bridgehead atoms. The fourth-order valence-electron chi connectivity index (χ4n) is 9.74. The highest BCUT2D eigenvalue weighted by molar-refractivity contribution is 14.1. The number of rotatable bonds is 11. The molecule has 5 N–H and O–H groups in total. The second-order valence-electron chi connectivity index (χ2n) is 19.7. The van der Waals surface area contributed by atoms with Gasteiger partial charge >= 0.3 is 12.1 Å². The number of carbonyl (C=O) groups is 8. The van der Waals surface area contributed by atoms with Crippen LogP contribution in [0.3, 0.4) is 0 Å². The van der Waals surface area contributed by atoms with Crippen molar-refractivity contribution in [2.45, 2.75) is 56.3 Å². The van der Waals surface area contributed by atoms with E-state index in [1.807, 2.05) is 19.3 Å². The number of anilines is 1. The molecule has 21 nitrogen and oxygen atoms in total. The molecule has 4 aromatic rings. The smallest absolute Gasteiger partial charge is 0.323 e. The molecule has 9 amide bonds. The number of fused-ring (bicyclic) bond motifs is 2. The highest BCUT2D eigenvalue weighted by Crippen LogP contribution is 2.31. The first-order valence-electron chi connectivity index (χ1n) is 24.9. The van der Waals surface area contributed by atoms with Gasteiger partial charge in [-0.1, -0.05) is 29.9 Å². The summed E-state index contributed by atoms with van der Waals surface area (Å²) in [5, 5.41) is 12.2. The van der Waals surface area contributed by atoms with E-state index < -0.39 is 35.0 Å². The summed E-state index contributed by atoms with van der Waals surface area (Å²) in [6.07, 6.45) is 16.2. The third-order valence-corrected chi connectivity index (χ3v) is 14.8. The van der Waals surface area contributed by atoms with Crippen LogP contribution in [0.15, 0.2) is 73.3 Å². The van der Waals surface area contributed by atoms with Crippen LogP contribution in [0.1, 0.15) is 68.7 Å². The van der Waals surface area contributed by atoms with Crippen molar-refractivity contribution in [3.8, 4) is 35.7 Å². The molecule has 0 radical (unpaired) electrons. The van der Waals surface area contributed by atoms with Crippen LogP contribution in [0.25, 0.3) is 0 Å². The van der Waals surface area contributed by atoms with E-state index in [9.17, 15) is 38.4 Å². The van der Waals surface area contributed by atoms with Gasteiger partial charge in [0.15, 0.2) is 5.54 Å². The summed E-state index contributed by atoms with van der Waals surface area (Å²) in [5.74, 6) is 7.89. The fourth-order valence-corrected chi connectivity index (χ4v) is 10.3. The van der Waals surface area contributed by atoms with Crippen LogP contribution in [-0.4, -0.2) is 156 Å². The fraction of sp³-hybridized carbons (Fsp3) is 0.382. The predicted octanol–water partition coefficient (Wildman–Crippen LogP) is 2.96. The van der Waals surface area contributed by atoms with E-state index >= 15 is 0 Å². The van der Waals surface area contributed by atoms with Crippen LogP contribution in [0.4, 0.5) is 15.3 Å². The van der Waals surface area contributed by atoms with E-state index in [-0.39, 0.29) is 49.2 Å². The molecule has 4 fully saturated rings. The van der Waals surface area contributed by atoms with E-state index in [1.54, 1.807) is 48.7 Å². The highest BCUT2D eigenvalue weighted by atomic mass is 127. The Kier molecular flexibility index (Phi) is 17.2. The Balaban J connectivity index is 0.000000169. The van der Waals surface area contributed by atoms with Crippen LogP contribution in [0.2, 0.25) is 0 Å². The number of carbonyl (C=O) groups excluding carboxylic acids is 8. The SMILES string of the molecule is C#C[C@]1(CN2Cc3ccc(OC)cc3C2=O)NC(=O)NC1=O.CN1CCC(C(=O)Cc2cncc(I)c2)CC1.COc1ccc2c(c1)C(=O)N(C[C@@]1(C#Cc3cncc(NC(=O)C4CCN(C)CC4)c3)NC(=O)NC1=O)C2. The van der Waals surface area contributed by atoms with E-state index in [1.165, 1.54) is 36.4 Å². The predicted molar refractivity (Wildman–Crippen MR) is 289 cm³/mol. The highest BCUT2D eigenvalue weighted by Gasteiger charge is 2.49. The van der Waals surface area contributed by atoms with E-state index in [4.69, 9.17) is 15.9 Å². The molecule has 0 saturated carbocycles. The quantitative estimate of drug-likeness (QED) is 0.0823. The average Bonchev–Trinajstić information content (AvgIpc) is 4.12. The van der Waals surface area contributed by atoms with Crippen LogP contribution < -0.4 is 36.1 Å². The first-order valence-corrected chi connectivity index (χ1v) is 25.9. The third-order valence-electron chi connectivity index (χ3n) is 14.2. The number of imide groups is 2. The summed E-state index contributed by atoms with van der Waals surface area (Å²) in [4.78, 5) is 114. The topological polar surface area (TPSA) is 254 Å². The van der Waals surface area contributed by atoms with Crippen LogP contribution in [0.5, 0.6) is 11.5 Å². The summed E-state index contributed by atoms with van der Waals surface area (Å²) in [5.41, 5.74) is 1.41. The minimum atomic E-state index is -1.65. The molecule has 6 aliphatic rings. The van der Waals surface area contributed by atoms with Crippen LogP contribution in [0, 0.1) is 39.6 Å². The van der Waals surface area contributed by atoms with Crippen molar-refractivity contribution in [2.24, 2.45) is 11.8 Å². The van der Waals surface area contributed by atoms with Crippen molar-refractivity contribution in [3.63, 3.8) is 0 Å². The van der Waals surface area contributed by atoms with Gasteiger partial charge in [-0.3, -0.25) is 49.4 Å². The number of Topliss-reactive ketones (excluding diaryl/α,β-unsaturated/α-hetero) is 1. The Bertz CT molecular complexity index is 3120. The van der Waals surface area contributed by atoms with Gasteiger partial charge in [-0.15, -0.1) is 6.42 Å². The summed E-state index contributed by atoms with van der Waals surface area (Å²) < 4.78 is 11.4. The minimum absolute atomic E-state index is 0.0624. The molecule has 4 saturated heterocycles. The van der Waals surface area contributed by atoms with Gasteiger partial charge in [-0.2, -0.15) is 0 Å². The van der Waals surface area contributed by atoms with Gasteiger partial charge in [0.1, 0.15) is 17.3 Å². The molecule has 22 heteroatoms. The largest absolute Gasteiger partial charge is 0.497 e. The number of terminal acetylenes is 1. The lowest BCUT2D eigenvalue weighted by molar-refractivity contribution is -0.124. The van der Waals surface area contributed by atoms with Crippen molar-refractivity contribution in [2.75, 3.05) is 72.9 Å². The molecule has 77 heavy (non-hydrogen) atoms. The molecular formula is C55H58IN11O10. The molecule has 400 valence electrons. The Morgan fingerprint density at radius 1 is 0.714 bits per heavy atom. The number of benzene rings is 2. The number of nitrogens with one attached hydrogen (secondary N) is 5. The first-order chi connectivity index (χ1) is 36.9. The van der Waals surface area contributed by atoms with Gasteiger partial charge in [0.2, 0.25) is 11.4 Å². The lowest BCUT2D eigenvalue weighted by atomic mass is 9.90. The number of nitrogens with zero attached hydrogens (tertiary/aromatic N) is 6. The lowest BCUT2D eigenvalue weighted by Gasteiger charge is -2.28. The van der Waals surface area contributed by atoms with Gasteiger partial charge in [0.25, 0.3) is 23.6 Å². The maximum atomic E-state index is 13.1. The molecule has 2 aromatic heterocycles. The van der Waals surface area contributed by atoms with Gasteiger partial charge in [-0.25, -0.2) is 9.59 Å². The Labute approximate surface area is 459 Å². The molecule has 0 unspecified atom stereocenters. The zero-order chi connectivity index (χ0) is 55.0. The van der Waals surface area contributed by atoms with Gasteiger partial charge in [-0.05, 0) is 142 Å². The van der Waals surface area contributed by atoms with Crippen molar-refractivity contribution in [1.29, 1.82) is 0 Å². The van der Waals surface area contributed by atoms with E-state index in [0.717, 1.165) is 72.1 Å². The van der Waals surface area contributed by atoms with Crippen LogP contribution in [-0.2, 0) is 38.7 Å². The van der Waals surface area contributed by atoms with Crippen LogP contribution >= 0.6 is 22.6 Å². The number of methoxy groups -OCH3 is 2. The number of piperidine rings is 2. The number of urea groups is 2. The summed E-state index contributed by atoms with van der Waals surface area (Å²) in [7, 11) is 7.19. The molecule has 2 aromatic carbocycles. The second-order valence-corrected chi connectivity index (χ2v) is 20.9. The molecule has 2 atom stereocenters. The van der Waals surface area contributed by atoms with Gasteiger partial charge < -0.3 is 45.0 Å². The van der Waals surface area contributed by atoms with E-state index in [0.29, 0.717) is 52.6 Å². The summed E-state index contributed by atoms with van der Waals surface area (Å²) in [6, 6.07) is 12.8. The number of likely N-dealkylation sites (tertiary alicyclic amines) is 2. The number of amides is 9. The Hall–Kier alpha value is -7.93. The van der Waals surface area contributed by atoms with Gasteiger partial charge in [0.05, 0.1) is 39.2 Å². The van der Waals surface area contributed by atoms with Crippen molar-refractivity contribution in [3.05, 3.63) is 110 Å². The summed E-state index contributed by atoms with van der Waals surface area (Å²) in [6.45, 7) is 4.19. The zero-order valence-electron chi connectivity index (χ0n) is 43.0. The van der Waals surface area contributed by atoms with Crippen molar-refractivity contribution in [1.82, 2.24) is 50.8 Å². The molecule has 6 aliphatic heterocycles. The van der Waals surface area contributed by atoms with Crippen molar-refractivity contribution < 1.29 is 47.8 Å². The molecule has 10 rings (SSSR count). The Morgan fingerprint density at radius 3 is 1.74 bits per heavy atom. The van der Waals surface area contributed by atoms with Crippen molar-refractivity contribution >= 4 is 75.7 Å². The first kappa shape index (κ1) is 55.3. The molecule has 8 heterocycles. The number of aromatic nitrogens is 2. The summed E-state index contributed by atoms with van der Waals surface area (Å²) >= 11 is 2.23. The number of hydrogen-bond acceptors (Lipinski definition) is 14. The average molecular weight is 1160 g/mol. The second kappa shape index (κ2) is 24.0. The monoisotopic (exact) mass is 1160 g/mol. The van der Waals surface area contributed by atoms with E-state index in [2.05, 4.69) is 93.8 Å². The number of hydrogen-bond donors (Lipinski definition) is 5. The number of pyridine rings is 2. The molecular weight excluding hydrogens is 1100 g/mol. The maximum Gasteiger partial charge on any atom is 0.323 e. The normalized spacial score (nSPS) is 21.1. The third kappa shape index (κ3) is 13.0. The zero-order valence-corrected chi connectivity index (χ0v) is 45.2. The molecule has 0 spiro atoms. The minimum Gasteiger partial charge on any atom is -0.497 e. The maximum absolute atomic E-state index is 13.1. The number of halogens is 1. The standard InChI is InChI=1S/C27H28N6O5.C15H13N3O4.C13H17IN2O/c1-32-9-6-18(7-10-32)23(34)29-20-11-17(13-28-14-20)5-8-27(25(36)30-26(37)31-27)16-33-15-19-3-4-21(38-2)12-22(19)24(33)35;1-3-15(13(20)16-14(21)17-15)8-18-7-9-4-5-10(22-2)6-11(9)12(18)19;1-16-4-2-11(3-5-16)13(17)7-10-6-12(14)9-15-8-10/h3-4,11-14,18H,6-7,9-10,15-16H2,1-2H3,(H,29,34)(H2,30,31,36,37);1,4-6H,7-8H2,2H3,(H2,16,17,20,21);6,8-9,11H,2-5,7H2,1H3/t27-;15-;/m11./s1. The number of ether oxygens (including phenoxy) is 2.